The first-order chi connectivity index (χ1) is 16.5. The molecular weight excluding hydrogens is 492 g/mol. The highest BCUT2D eigenvalue weighted by molar-refractivity contribution is 7.91. The fourth-order valence-electron chi connectivity index (χ4n) is 4.11. The number of aliphatic carboxylic acids is 1. The highest BCUT2D eigenvalue weighted by atomic mass is 32.2. The number of anilines is 2. The standard InChI is InChI=1S/C22H26N6O5S2/c1-12-8-15-13(4-6-24-19(15)23)9-14(12)10-17(21(30)31)28-7-5-16(20(28)29)26-35(32,33)18-11-25-22(34-18)27(2)3/h4,6,8-9,11,16-17,26H,5,7,10H2,1-3H3,(H2,23,24)(H,30,31). The summed E-state index contributed by atoms with van der Waals surface area (Å²) in [5, 5.41) is 12.0. The molecule has 0 saturated carbocycles. The van der Waals surface area contributed by atoms with Crippen LogP contribution in [0.5, 0.6) is 0 Å². The topological polar surface area (TPSA) is 159 Å². The molecule has 4 rings (SSSR count). The highest BCUT2D eigenvalue weighted by Gasteiger charge is 2.41. The van der Waals surface area contributed by atoms with Gasteiger partial charge in [-0.25, -0.2) is 23.2 Å². The molecule has 4 N–H and O–H groups in total. The fraction of sp³-hybridized carbons (Fsp3) is 0.364. The minimum atomic E-state index is -3.99. The Hall–Kier alpha value is -3.29. The van der Waals surface area contributed by atoms with Crippen LogP contribution in [-0.4, -0.2) is 73.0 Å². The second kappa shape index (κ2) is 9.40. The van der Waals surface area contributed by atoms with Crippen LogP contribution in [0.1, 0.15) is 17.5 Å². The maximum absolute atomic E-state index is 13.1. The third kappa shape index (κ3) is 4.92. The zero-order valence-electron chi connectivity index (χ0n) is 19.4. The van der Waals surface area contributed by atoms with Crippen molar-refractivity contribution in [3.05, 3.63) is 41.7 Å². The Morgan fingerprint density at radius 1 is 1.37 bits per heavy atom. The average Bonchev–Trinajstić information content (AvgIpc) is 3.41. The van der Waals surface area contributed by atoms with Crippen molar-refractivity contribution >= 4 is 55.0 Å². The lowest BCUT2D eigenvalue weighted by Gasteiger charge is -2.25. The van der Waals surface area contributed by atoms with Gasteiger partial charge in [-0.3, -0.25) is 4.79 Å². The summed E-state index contributed by atoms with van der Waals surface area (Å²) < 4.78 is 28.0. The molecule has 0 spiro atoms. The summed E-state index contributed by atoms with van der Waals surface area (Å²) in [5.74, 6) is -1.34. The Bertz CT molecular complexity index is 1400. The van der Waals surface area contributed by atoms with Crippen LogP contribution in [0.4, 0.5) is 10.9 Å². The number of likely N-dealkylation sites (tertiary alicyclic amines) is 1. The van der Waals surface area contributed by atoms with Gasteiger partial charge >= 0.3 is 5.97 Å². The van der Waals surface area contributed by atoms with Crippen molar-refractivity contribution in [3.63, 3.8) is 0 Å². The number of amides is 1. The van der Waals surface area contributed by atoms with Crippen LogP contribution >= 0.6 is 11.3 Å². The third-order valence-electron chi connectivity index (χ3n) is 5.98. The van der Waals surface area contributed by atoms with Gasteiger partial charge in [-0.05, 0) is 42.0 Å². The number of fused-ring (bicyclic) bond motifs is 1. The van der Waals surface area contributed by atoms with E-state index in [1.54, 1.807) is 31.3 Å². The van der Waals surface area contributed by atoms with E-state index in [1.807, 2.05) is 19.1 Å². The van der Waals surface area contributed by atoms with Crippen LogP contribution in [0.25, 0.3) is 10.8 Å². The van der Waals surface area contributed by atoms with Crippen LogP contribution in [0.15, 0.2) is 34.8 Å². The number of carbonyl (C=O) groups is 2. The predicted octanol–water partition coefficient (Wildman–Crippen LogP) is 1.22. The van der Waals surface area contributed by atoms with Crippen molar-refractivity contribution in [2.24, 2.45) is 0 Å². The molecule has 11 nitrogen and oxygen atoms in total. The van der Waals surface area contributed by atoms with Crippen LogP contribution in [0.2, 0.25) is 0 Å². The summed E-state index contributed by atoms with van der Waals surface area (Å²) in [6.07, 6.45) is 3.06. The Kier molecular flexibility index (Phi) is 6.66. The first-order valence-electron chi connectivity index (χ1n) is 10.8. The molecule has 1 amide bonds. The van der Waals surface area contributed by atoms with E-state index in [9.17, 15) is 23.1 Å². The van der Waals surface area contributed by atoms with Gasteiger partial charge in [0, 0.05) is 38.6 Å². The first-order valence-corrected chi connectivity index (χ1v) is 13.1. The Morgan fingerprint density at radius 2 is 2.11 bits per heavy atom. The SMILES string of the molecule is Cc1cc2c(N)nccc2cc1CC(C(=O)O)N1CCC(NS(=O)(=O)c2cnc(N(C)C)s2)C1=O. The van der Waals surface area contributed by atoms with E-state index in [-0.39, 0.29) is 23.6 Å². The van der Waals surface area contributed by atoms with Crippen molar-refractivity contribution in [1.82, 2.24) is 19.6 Å². The number of carboxylic acids is 1. The molecule has 0 bridgehead atoms. The number of aryl methyl sites for hydroxylation is 1. The number of nitrogens with zero attached hydrogens (tertiary/aromatic N) is 4. The van der Waals surface area contributed by atoms with Crippen molar-refractivity contribution < 1.29 is 23.1 Å². The number of hydrogen-bond donors (Lipinski definition) is 3. The number of nitrogen functional groups attached to an aromatic ring is 1. The number of carbonyl (C=O) groups excluding carboxylic acids is 1. The van der Waals surface area contributed by atoms with Crippen molar-refractivity contribution in [2.75, 3.05) is 31.3 Å². The predicted molar refractivity (Wildman–Crippen MR) is 133 cm³/mol. The van der Waals surface area contributed by atoms with E-state index in [0.717, 1.165) is 33.2 Å². The van der Waals surface area contributed by atoms with Gasteiger partial charge in [-0.2, -0.15) is 4.72 Å². The van der Waals surface area contributed by atoms with Gasteiger partial charge in [0.2, 0.25) is 5.91 Å². The van der Waals surface area contributed by atoms with Gasteiger partial charge in [0.05, 0.1) is 6.20 Å². The summed E-state index contributed by atoms with van der Waals surface area (Å²) >= 11 is 0.982. The summed E-state index contributed by atoms with van der Waals surface area (Å²) in [6, 6.07) is 3.31. The number of nitrogens with one attached hydrogen (secondary N) is 1. The maximum atomic E-state index is 13.1. The molecule has 1 fully saturated rings. The molecule has 1 saturated heterocycles. The molecule has 3 aromatic rings. The monoisotopic (exact) mass is 518 g/mol. The molecule has 1 aromatic carbocycles. The van der Waals surface area contributed by atoms with Gasteiger partial charge in [-0.15, -0.1) is 0 Å². The van der Waals surface area contributed by atoms with Gasteiger partial charge in [0.15, 0.2) is 9.34 Å². The number of nitrogens with two attached hydrogens (primary N) is 1. The minimum absolute atomic E-state index is 0.0113. The molecule has 3 heterocycles. The molecule has 2 atom stereocenters. The molecule has 2 aromatic heterocycles. The number of aromatic nitrogens is 2. The zero-order valence-corrected chi connectivity index (χ0v) is 21.1. The molecule has 13 heteroatoms. The van der Waals surface area contributed by atoms with E-state index in [0.29, 0.717) is 10.9 Å². The van der Waals surface area contributed by atoms with E-state index < -0.39 is 34.0 Å². The van der Waals surface area contributed by atoms with E-state index in [2.05, 4.69) is 14.7 Å². The summed E-state index contributed by atoms with van der Waals surface area (Å²) in [7, 11) is -0.494. The largest absolute Gasteiger partial charge is 0.480 e. The highest BCUT2D eigenvalue weighted by Crippen LogP contribution is 2.28. The van der Waals surface area contributed by atoms with E-state index >= 15 is 0 Å². The number of rotatable bonds is 8. The zero-order chi connectivity index (χ0) is 25.5. The molecule has 35 heavy (non-hydrogen) atoms. The first kappa shape index (κ1) is 24.8. The van der Waals surface area contributed by atoms with Crippen LogP contribution in [-0.2, 0) is 26.0 Å². The lowest BCUT2D eigenvalue weighted by Crippen LogP contribution is -2.48. The Morgan fingerprint density at radius 3 is 2.77 bits per heavy atom. The maximum Gasteiger partial charge on any atom is 0.326 e. The number of sulfonamides is 1. The number of pyridine rings is 1. The second-order valence-corrected chi connectivity index (χ2v) is 11.6. The van der Waals surface area contributed by atoms with E-state index in [1.165, 1.54) is 11.1 Å². The fourth-order valence-corrected chi connectivity index (χ4v) is 6.39. The van der Waals surface area contributed by atoms with Gasteiger partial charge in [0.1, 0.15) is 17.9 Å². The number of hydrogen-bond acceptors (Lipinski definition) is 9. The number of benzene rings is 1. The van der Waals surface area contributed by atoms with Gasteiger partial charge in [0.25, 0.3) is 10.0 Å². The van der Waals surface area contributed by atoms with Crippen LogP contribution < -0.4 is 15.4 Å². The number of carboxylic acid groups (broad SMARTS) is 1. The Balaban J connectivity index is 1.54. The molecule has 1 aliphatic heterocycles. The lowest BCUT2D eigenvalue weighted by atomic mass is 9.96. The van der Waals surface area contributed by atoms with Gasteiger partial charge < -0.3 is 20.6 Å². The molecule has 1 aliphatic rings. The number of thiazole rings is 1. The second-order valence-electron chi connectivity index (χ2n) is 8.60. The quantitative estimate of drug-likeness (QED) is 0.398. The van der Waals surface area contributed by atoms with Crippen molar-refractivity contribution in [1.29, 1.82) is 0 Å². The van der Waals surface area contributed by atoms with Crippen LogP contribution in [0, 0.1) is 6.92 Å². The molecule has 0 radical (unpaired) electrons. The van der Waals surface area contributed by atoms with Crippen LogP contribution in [0.3, 0.4) is 0 Å². The summed E-state index contributed by atoms with van der Waals surface area (Å²) in [4.78, 5) is 36.3. The normalized spacial score (nSPS) is 17.2. The molecule has 0 aliphatic carbocycles. The van der Waals surface area contributed by atoms with E-state index in [4.69, 9.17) is 5.73 Å². The molecule has 2 unspecified atom stereocenters. The smallest absolute Gasteiger partial charge is 0.326 e. The average molecular weight is 519 g/mol. The lowest BCUT2D eigenvalue weighted by molar-refractivity contribution is -0.148. The molecular formula is C22H26N6O5S2. The van der Waals surface area contributed by atoms with Crippen molar-refractivity contribution in [2.45, 2.75) is 36.1 Å². The van der Waals surface area contributed by atoms with Crippen molar-refractivity contribution in [3.8, 4) is 0 Å². The molecule has 186 valence electrons. The third-order valence-corrected chi connectivity index (χ3v) is 9.08. The Labute approximate surface area is 206 Å². The summed E-state index contributed by atoms with van der Waals surface area (Å²) in [5.41, 5.74) is 7.53. The minimum Gasteiger partial charge on any atom is -0.480 e. The van der Waals surface area contributed by atoms with Gasteiger partial charge in [-0.1, -0.05) is 17.4 Å². The summed E-state index contributed by atoms with van der Waals surface area (Å²) in [6.45, 7) is 1.97.